The van der Waals surface area contributed by atoms with Gasteiger partial charge in [0.05, 0.1) is 35.9 Å². The van der Waals surface area contributed by atoms with Gasteiger partial charge >= 0.3 is 6.03 Å². The third-order valence-corrected chi connectivity index (χ3v) is 6.47. The van der Waals surface area contributed by atoms with E-state index >= 15 is 0 Å². The minimum Gasteiger partial charge on any atom is -0.475 e. The number of carbonyl (C=O) groups excluding carboxylic acids is 1. The average Bonchev–Trinajstić information content (AvgIpc) is 3.28. The van der Waals surface area contributed by atoms with E-state index in [1.54, 1.807) is 34.7 Å². The summed E-state index contributed by atoms with van der Waals surface area (Å²) in [4.78, 5) is 12.4. The second-order valence-corrected chi connectivity index (χ2v) is 10.0. The van der Waals surface area contributed by atoms with Crippen LogP contribution in [0.15, 0.2) is 11.1 Å². The van der Waals surface area contributed by atoms with E-state index in [9.17, 15) is 22.0 Å². The summed E-state index contributed by atoms with van der Waals surface area (Å²) in [6.45, 7) is 7.17. The number of halogens is 2. The number of ether oxygens (including phenoxy) is 1. The van der Waals surface area contributed by atoms with E-state index in [1.807, 2.05) is 4.72 Å². The van der Waals surface area contributed by atoms with E-state index in [0.717, 1.165) is 10.9 Å². The molecule has 0 radical (unpaired) electrons. The van der Waals surface area contributed by atoms with Gasteiger partial charge in [0.1, 0.15) is 13.2 Å². The van der Waals surface area contributed by atoms with Crippen LogP contribution in [-0.4, -0.2) is 60.1 Å². The zero-order chi connectivity index (χ0) is 24.5. The van der Waals surface area contributed by atoms with Gasteiger partial charge in [0, 0.05) is 0 Å². The van der Waals surface area contributed by atoms with Crippen LogP contribution in [0.25, 0.3) is 0 Å². The number of hydrogen-bond donors (Lipinski definition) is 3. The van der Waals surface area contributed by atoms with Crippen LogP contribution < -0.4 is 20.1 Å². The normalized spacial score (nSPS) is 16.2. The number of fused-ring (bicyclic) bond motifs is 1. The fraction of sp³-hybridized carbons (Fsp3) is 0.632. The summed E-state index contributed by atoms with van der Waals surface area (Å²) in [5.41, 5.74) is 0.991. The molecule has 0 bridgehead atoms. The van der Waals surface area contributed by atoms with Crippen molar-refractivity contribution < 1.29 is 26.7 Å². The van der Waals surface area contributed by atoms with Crippen molar-refractivity contribution >= 4 is 21.7 Å². The number of sulfonamides is 1. The molecule has 14 heteroatoms. The van der Waals surface area contributed by atoms with Gasteiger partial charge in [-0.2, -0.15) is 10.2 Å². The standard InChI is InChI=1S/C19H29F2N7O4S/c1-10(2)15-16(17(11(3)4)27(25-15)8-14(20)21)24-19(29)26-33(30,31)13-6-23-28-7-12(22-5)9-32-18(13)28/h6,10-12,14,22H,7-9H2,1-5H3,(H2,24,26,29)/t12-/m0/s1. The number of carbonyl (C=O) groups is 1. The topological polar surface area (TPSA) is 132 Å². The van der Waals surface area contributed by atoms with Crippen molar-refractivity contribution in [3.63, 3.8) is 0 Å². The van der Waals surface area contributed by atoms with Crippen molar-refractivity contribution in [3.8, 4) is 5.88 Å². The van der Waals surface area contributed by atoms with E-state index < -0.39 is 29.0 Å². The summed E-state index contributed by atoms with van der Waals surface area (Å²) in [6.07, 6.45) is -1.52. The quantitative estimate of drug-likeness (QED) is 0.517. The molecule has 11 nitrogen and oxygen atoms in total. The van der Waals surface area contributed by atoms with Crippen molar-refractivity contribution in [2.24, 2.45) is 0 Å². The Morgan fingerprint density at radius 2 is 1.97 bits per heavy atom. The van der Waals surface area contributed by atoms with Crippen LogP contribution in [0, 0.1) is 0 Å². The van der Waals surface area contributed by atoms with Crippen molar-refractivity contribution in [1.82, 2.24) is 29.6 Å². The van der Waals surface area contributed by atoms with Crippen LogP contribution in [0.5, 0.6) is 5.88 Å². The second-order valence-electron chi connectivity index (χ2n) is 8.38. The third kappa shape index (κ3) is 5.27. The number of likely N-dealkylation sites (N-methyl/N-ethyl adjacent to an activating group) is 1. The number of nitrogens with one attached hydrogen (secondary N) is 3. The Balaban J connectivity index is 1.86. The summed E-state index contributed by atoms with van der Waals surface area (Å²) in [5.74, 6) is -0.422. The van der Waals surface area contributed by atoms with Gasteiger partial charge in [0.2, 0.25) is 5.88 Å². The lowest BCUT2D eigenvalue weighted by molar-refractivity contribution is 0.120. The van der Waals surface area contributed by atoms with Crippen LogP contribution in [-0.2, 0) is 23.1 Å². The highest BCUT2D eigenvalue weighted by Crippen LogP contribution is 2.33. The maximum absolute atomic E-state index is 13.1. The lowest BCUT2D eigenvalue weighted by Crippen LogP contribution is -2.40. The zero-order valence-electron chi connectivity index (χ0n) is 19.1. The molecule has 3 heterocycles. The van der Waals surface area contributed by atoms with E-state index in [4.69, 9.17) is 4.74 Å². The van der Waals surface area contributed by atoms with Crippen molar-refractivity contribution in [1.29, 1.82) is 0 Å². The van der Waals surface area contributed by atoms with E-state index in [0.29, 0.717) is 17.9 Å². The van der Waals surface area contributed by atoms with Crippen LogP contribution in [0.3, 0.4) is 0 Å². The molecule has 2 amide bonds. The van der Waals surface area contributed by atoms with E-state index in [2.05, 4.69) is 20.8 Å². The Bertz CT molecular complexity index is 1110. The Labute approximate surface area is 190 Å². The molecule has 3 rings (SSSR count). The van der Waals surface area contributed by atoms with Gasteiger partial charge in [-0.15, -0.1) is 0 Å². The van der Waals surface area contributed by atoms with E-state index in [1.165, 1.54) is 4.68 Å². The average molecular weight is 490 g/mol. The smallest absolute Gasteiger partial charge is 0.333 e. The van der Waals surface area contributed by atoms with Crippen LogP contribution in [0.4, 0.5) is 19.3 Å². The van der Waals surface area contributed by atoms with Crippen LogP contribution in [0.1, 0.15) is 50.9 Å². The number of alkyl halides is 2. The van der Waals surface area contributed by atoms with Crippen LogP contribution >= 0.6 is 0 Å². The van der Waals surface area contributed by atoms with Gasteiger partial charge < -0.3 is 15.4 Å². The highest BCUT2D eigenvalue weighted by Gasteiger charge is 2.32. The predicted molar refractivity (Wildman–Crippen MR) is 116 cm³/mol. The number of aromatic nitrogens is 4. The Morgan fingerprint density at radius 3 is 2.55 bits per heavy atom. The maximum atomic E-state index is 13.1. The molecule has 33 heavy (non-hydrogen) atoms. The molecule has 1 aliphatic rings. The van der Waals surface area contributed by atoms with Gasteiger partial charge in [0.15, 0.2) is 4.90 Å². The first kappa shape index (κ1) is 24.9. The molecule has 0 saturated heterocycles. The largest absolute Gasteiger partial charge is 0.475 e. The molecular formula is C19H29F2N7O4S. The molecule has 184 valence electrons. The predicted octanol–water partition coefficient (Wildman–Crippen LogP) is 2.08. The molecule has 0 saturated carbocycles. The van der Waals surface area contributed by atoms with E-state index in [-0.39, 0.29) is 40.9 Å². The van der Waals surface area contributed by atoms with Crippen molar-refractivity contribution in [3.05, 3.63) is 17.6 Å². The summed E-state index contributed by atoms with van der Waals surface area (Å²) in [7, 11) is -2.56. The molecule has 1 atom stereocenters. The van der Waals surface area contributed by atoms with Gasteiger partial charge in [0.25, 0.3) is 16.4 Å². The Hall–Kier alpha value is -2.74. The number of hydrogen-bond acceptors (Lipinski definition) is 7. The molecule has 2 aromatic heterocycles. The summed E-state index contributed by atoms with van der Waals surface area (Å²) < 4.78 is 61.9. The monoisotopic (exact) mass is 489 g/mol. The van der Waals surface area contributed by atoms with Gasteiger partial charge in [-0.25, -0.2) is 31.4 Å². The van der Waals surface area contributed by atoms with Crippen molar-refractivity contribution in [2.45, 2.75) is 70.0 Å². The van der Waals surface area contributed by atoms with Gasteiger partial charge in [-0.05, 0) is 18.9 Å². The molecule has 0 fully saturated rings. The third-order valence-electron chi connectivity index (χ3n) is 5.16. The fourth-order valence-corrected chi connectivity index (χ4v) is 4.62. The van der Waals surface area contributed by atoms with Gasteiger partial charge in [-0.3, -0.25) is 4.68 Å². The lowest BCUT2D eigenvalue weighted by Gasteiger charge is -2.24. The second kappa shape index (κ2) is 9.63. The molecule has 0 aliphatic carbocycles. The fourth-order valence-electron chi connectivity index (χ4n) is 3.63. The highest BCUT2D eigenvalue weighted by molar-refractivity contribution is 7.90. The first-order valence-electron chi connectivity index (χ1n) is 10.5. The Morgan fingerprint density at radius 1 is 1.27 bits per heavy atom. The maximum Gasteiger partial charge on any atom is 0.333 e. The molecule has 0 aromatic carbocycles. The molecule has 3 N–H and O–H groups in total. The SMILES string of the molecule is CN[C@@H]1COc2c(S(=O)(=O)NC(=O)Nc3c(C(C)C)nn(CC(F)F)c3C(C)C)cnn2C1. The summed E-state index contributed by atoms with van der Waals surface area (Å²) >= 11 is 0. The zero-order valence-corrected chi connectivity index (χ0v) is 19.9. The number of rotatable bonds is 8. The molecular weight excluding hydrogens is 460 g/mol. The van der Waals surface area contributed by atoms with Gasteiger partial charge in [-0.1, -0.05) is 27.7 Å². The molecule has 2 aromatic rings. The summed E-state index contributed by atoms with van der Waals surface area (Å²) in [5, 5.41) is 13.8. The van der Waals surface area contributed by atoms with Crippen LogP contribution in [0.2, 0.25) is 0 Å². The number of urea groups is 1. The minimum absolute atomic E-state index is 0.0297. The molecule has 1 aliphatic heterocycles. The minimum atomic E-state index is -4.32. The molecule has 0 unspecified atom stereocenters. The Kier molecular flexibility index (Phi) is 7.26. The highest BCUT2D eigenvalue weighted by atomic mass is 32.2. The summed E-state index contributed by atoms with van der Waals surface area (Å²) in [6, 6.07) is -1.07. The number of nitrogens with zero attached hydrogens (tertiary/aromatic N) is 4. The molecule has 0 spiro atoms. The van der Waals surface area contributed by atoms with Crippen molar-refractivity contribution in [2.75, 3.05) is 19.0 Å². The number of amides is 2. The first-order valence-corrected chi connectivity index (χ1v) is 12.0. The number of anilines is 1. The first-order chi connectivity index (χ1) is 15.4. The lowest BCUT2D eigenvalue weighted by atomic mass is 10.0.